The zero-order valence-corrected chi connectivity index (χ0v) is 18.0. The fourth-order valence-electron chi connectivity index (χ4n) is 3.52. The molecule has 29 heavy (non-hydrogen) atoms. The van der Waals surface area contributed by atoms with Gasteiger partial charge in [0.05, 0.1) is 4.90 Å². The monoisotopic (exact) mass is 440 g/mol. The third-order valence-corrected chi connectivity index (χ3v) is 7.21. The molecular formula is C21H26F2N2O2S2. The van der Waals surface area contributed by atoms with E-state index in [9.17, 15) is 17.2 Å². The van der Waals surface area contributed by atoms with E-state index >= 15 is 0 Å². The van der Waals surface area contributed by atoms with Gasteiger partial charge in [-0.15, -0.1) is 0 Å². The molecule has 1 N–H and O–H groups in total. The van der Waals surface area contributed by atoms with Crippen molar-refractivity contribution in [2.75, 3.05) is 19.6 Å². The molecule has 0 amide bonds. The minimum Gasteiger partial charge on any atom is -0.299 e. The van der Waals surface area contributed by atoms with Crippen molar-refractivity contribution in [2.45, 2.75) is 41.9 Å². The van der Waals surface area contributed by atoms with Crippen LogP contribution in [-0.2, 0) is 16.6 Å². The van der Waals surface area contributed by atoms with Gasteiger partial charge in [-0.1, -0.05) is 41.6 Å². The van der Waals surface area contributed by atoms with Crippen molar-refractivity contribution in [3.63, 3.8) is 0 Å². The SMILES string of the molecule is Cc1ccc(S(=O)(=O)NCC2CCCN(Cc3ccc(SC(F)F)cc3)C2)cc1. The highest BCUT2D eigenvalue weighted by Crippen LogP contribution is 2.26. The van der Waals surface area contributed by atoms with E-state index in [1.165, 1.54) is 0 Å². The van der Waals surface area contributed by atoms with Crippen LogP contribution in [0.25, 0.3) is 0 Å². The van der Waals surface area contributed by atoms with Crippen LogP contribution in [0.5, 0.6) is 0 Å². The summed E-state index contributed by atoms with van der Waals surface area (Å²) in [6.07, 6.45) is 1.99. The van der Waals surface area contributed by atoms with E-state index in [1.54, 1.807) is 36.4 Å². The molecule has 0 bridgehead atoms. The normalized spacial score (nSPS) is 18.3. The molecule has 2 aromatic rings. The zero-order chi connectivity index (χ0) is 20.9. The Hall–Kier alpha value is -1.48. The summed E-state index contributed by atoms with van der Waals surface area (Å²) in [5.41, 5.74) is 2.09. The highest BCUT2D eigenvalue weighted by Gasteiger charge is 2.22. The molecule has 1 atom stereocenters. The van der Waals surface area contributed by atoms with Gasteiger partial charge < -0.3 is 0 Å². The molecule has 3 rings (SSSR count). The molecule has 1 heterocycles. The van der Waals surface area contributed by atoms with Crippen LogP contribution < -0.4 is 4.72 Å². The molecule has 0 radical (unpaired) electrons. The van der Waals surface area contributed by atoms with Crippen molar-refractivity contribution in [2.24, 2.45) is 5.92 Å². The second-order valence-corrected chi connectivity index (χ2v) is 10.3. The minimum atomic E-state index is -3.50. The van der Waals surface area contributed by atoms with Gasteiger partial charge in [0.25, 0.3) is 5.76 Å². The number of hydrogen-bond donors (Lipinski definition) is 1. The summed E-state index contributed by atoms with van der Waals surface area (Å²) >= 11 is 0.549. The highest BCUT2D eigenvalue weighted by molar-refractivity contribution is 7.99. The number of hydrogen-bond acceptors (Lipinski definition) is 4. The minimum absolute atomic E-state index is 0.248. The largest absolute Gasteiger partial charge is 0.299 e. The summed E-state index contributed by atoms with van der Waals surface area (Å²) in [6, 6.07) is 14.1. The molecule has 0 aliphatic carbocycles. The zero-order valence-electron chi connectivity index (χ0n) is 16.4. The van der Waals surface area contributed by atoms with Gasteiger partial charge >= 0.3 is 0 Å². The van der Waals surface area contributed by atoms with Gasteiger partial charge in [-0.2, -0.15) is 8.78 Å². The van der Waals surface area contributed by atoms with Crippen molar-refractivity contribution in [1.29, 1.82) is 0 Å². The van der Waals surface area contributed by atoms with Crippen LogP contribution in [0.4, 0.5) is 8.78 Å². The Labute approximate surface area is 175 Å². The van der Waals surface area contributed by atoms with Gasteiger partial charge in [0.2, 0.25) is 10.0 Å². The number of thioether (sulfide) groups is 1. The third kappa shape index (κ3) is 6.77. The van der Waals surface area contributed by atoms with Gasteiger partial charge in [0.1, 0.15) is 0 Å². The lowest BCUT2D eigenvalue weighted by Gasteiger charge is -2.32. The number of likely N-dealkylation sites (tertiary alicyclic amines) is 1. The van der Waals surface area contributed by atoms with Crippen LogP contribution in [0.1, 0.15) is 24.0 Å². The second-order valence-electron chi connectivity index (χ2n) is 7.43. The summed E-state index contributed by atoms with van der Waals surface area (Å²) in [7, 11) is -3.50. The fourth-order valence-corrected chi connectivity index (χ4v) is 5.14. The number of benzene rings is 2. The van der Waals surface area contributed by atoms with E-state index in [0.717, 1.165) is 43.6 Å². The Balaban J connectivity index is 1.52. The molecule has 0 aromatic heterocycles. The van der Waals surface area contributed by atoms with Crippen LogP contribution in [0.2, 0.25) is 0 Å². The molecule has 1 fully saturated rings. The Morgan fingerprint density at radius 1 is 1.14 bits per heavy atom. The van der Waals surface area contributed by atoms with Gasteiger partial charge in [-0.25, -0.2) is 13.1 Å². The Bertz CT molecular complexity index is 888. The number of nitrogens with one attached hydrogen (secondary N) is 1. The van der Waals surface area contributed by atoms with Gasteiger partial charge in [-0.05, 0) is 62.1 Å². The van der Waals surface area contributed by atoms with E-state index in [-0.39, 0.29) is 10.8 Å². The summed E-state index contributed by atoms with van der Waals surface area (Å²) < 4.78 is 52.6. The lowest BCUT2D eigenvalue weighted by atomic mass is 9.98. The molecule has 8 heteroatoms. The number of piperidine rings is 1. The maximum atomic E-state index is 12.5. The molecule has 0 spiro atoms. The molecule has 1 saturated heterocycles. The molecule has 1 aliphatic heterocycles. The number of halogens is 2. The summed E-state index contributed by atoms with van der Waals surface area (Å²) in [5.74, 6) is -2.16. The number of alkyl halides is 2. The number of aryl methyl sites for hydroxylation is 1. The standard InChI is InChI=1S/C21H26F2N2O2S2/c1-16-4-10-20(11-5-16)29(26,27)24-13-18-3-2-12-25(15-18)14-17-6-8-19(9-7-17)28-21(22)23/h4-11,18,21,24H,2-3,12-15H2,1H3. The first-order valence-electron chi connectivity index (χ1n) is 9.64. The number of rotatable bonds is 8. The molecule has 158 valence electrons. The molecule has 1 aliphatic rings. The maximum absolute atomic E-state index is 12.5. The first-order valence-corrected chi connectivity index (χ1v) is 12.0. The van der Waals surface area contributed by atoms with Crippen molar-refractivity contribution >= 4 is 21.8 Å². The van der Waals surface area contributed by atoms with Crippen molar-refractivity contribution in [3.05, 3.63) is 59.7 Å². The van der Waals surface area contributed by atoms with Crippen molar-refractivity contribution in [1.82, 2.24) is 9.62 Å². The first kappa shape index (κ1) is 22.2. The summed E-state index contributed by atoms with van der Waals surface area (Å²) in [6.45, 7) is 4.84. The molecule has 4 nitrogen and oxygen atoms in total. The molecule has 2 aromatic carbocycles. The second kappa shape index (κ2) is 10.0. The average Bonchev–Trinajstić information content (AvgIpc) is 2.68. The van der Waals surface area contributed by atoms with Crippen molar-refractivity contribution in [3.8, 4) is 0 Å². The van der Waals surface area contributed by atoms with Crippen LogP contribution in [0.15, 0.2) is 58.3 Å². The predicted molar refractivity (Wildman–Crippen MR) is 113 cm³/mol. The highest BCUT2D eigenvalue weighted by atomic mass is 32.2. The lowest BCUT2D eigenvalue weighted by Crippen LogP contribution is -2.40. The molecule has 0 saturated carbocycles. The van der Waals surface area contributed by atoms with Crippen molar-refractivity contribution < 1.29 is 17.2 Å². The number of nitrogens with zero attached hydrogens (tertiary/aromatic N) is 1. The maximum Gasteiger partial charge on any atom is 0.288 e. The van der Waals surface area contributed by atoms with Gasteiger partial charge in [-0.3, -0.25) is 4.90 Å². The van der Waals surface area contributed by atoms with Crippen LogP contribution >= 0.6 is 11.8 Å². The smallest absolute Gasteiger partial charge is 0.288 e. The number of sulfonamides is 1. The van der Waals surface area contributed by atoms with E-state index in [1.807, 2.05) is 19.1 Å². The van der Waals surface area contributed by atoms with Gasteiger partial charge in [0.15, 0.2) is 0 Å². The Kier molecular flexibility index (Phi) is 7.67. The topological polar surface area (TPSA) is 49.4 Å². The molecular weight excluding hydrogens is 414 g/mol. The predicted octanol–water partition coefficient (Wildman–Crippen LogP) is 4.50. The third-order valence-electron chi connectivity index (χ3n) is 5.05. The molecule has 1 unspecified atom stereocenters. The van der Waals surface area contributed by atoms with E-state index in [0.29, 0.717) is 23.2 Å². The van der Waals surface area contributed by atoms with E-state index < -0.39 is 15.8 Å². The first-order chi connectivity index (χ1) is 13.8. The quantitative estimate of drug-likeness (QED) is 0.614. The van der Waals surface area contributed by atoms with Crippen LogP contribution in [0.3, 0.4) is 0 Å². The van der Waals surface area contributed by atoms with Crippen LogP contribution in [-0.4, -0.2) is 38.7 Å². The van der Waals surface area contributed by atoms with E-state index in [2.05, 4.69) is 9.62 Å². The Morgan fingerprint density at radius 2 is 1.83 bits per heavy atom. The summed E-state index contributed by atoms with van der Waals surface area (Å²) in [4.78, 5) is 3.15. The lowest BCUT2D eigenvalue weighted by molar-refractivity contribution is 0.169. The van der Waals surface area contributed by atoms with Crippen LogP contribution in [0, 0.1) is 12.8 Å². The summed E-state index contributed by atoms with van der Waals surface area (Å²) in [5, 5.41) is 0. The van der Waals surface area contributed by atoms with E-state index in [4.69, 9.17) is 0 Å². The average molecular weight is 441 g/mol. The fraction of sp³-hybridized carbons (Fsp3) is 0.429. The Morgan fingerprint density at radius 3 is 2.48 bits per heavy atom. The van der Waals surface area contributed by atoms with Gasteiger partial charge in [0, 0.05) is 24.5 Å².